The molecule has 0 spiro atoms. The first-order chi connectivity index (χ1) is 12.0. The summed E-state index contributed by atoms with van der Waals surface area (Å²) < 4.78 is 12.9. The van der Waals surface area contributed by atoms with Gasteiger partial charge in [-0.3, -0.25) is 4.79 Å². The zero-order valence-electron chi connectivity index (χ0n) is 14.8. The highest BCUT2D eigenvalue weighted by molar-refractivity contribution is 5.96. The first-order valence-corrected chi connectivity index (χ1v) is 8.05. The molecule has 0 saturated heterocycles. The molecule has 1 N–H and O–H groups in total. The van der Waals surface area contributed by atoms with E-state index in [1.54, 1.807) is 32.4 Å². The van der Waals surface area contributed by atoms with E-state index in [4.69, 9.17) is 8.83 Å². The van der Waals surface area contributed by atoms with Crippen molar-refractivity contribution >= 4 is 12.1 Å². The van der Waals surface area contributed by atoms with Crippen molar-refractivity contribution in [1.29, 1.82) is 0 Å². The van der Waals surface area contributed by atoms with Crippen LogP contribution in [0.5, 0.6) is 0 Å². The van der Waals surface area contributed by atoms with Crippen molar-refractivity contribution < 1.29 is 13.6 Å². The third kappa shape index (κ3) is 3.57. The molecule has 6 heteroatoms. The third-order valence-corrected chi connectivity index (χ3v) is 4.16. The molecule has 3 aromatic rings. The number of aryl methyl sites for hydroxylation is 3. The second-order valence-corrected chi connectivity index (χ2v) is 6.02. The highest BCUT2D eigenvalue weighted by atomic mass is 16.3. The summed E-state index contributed by atoms with van der Waals surface area (Å²) >= 11 is 0. The van der Waals surface area contributed by atoms with E-state index in [-0.39, 0.29) is 5.91 Å². The fourth-order valence-electron chi connectivity index (χ4n) is 2.84. The summed E-state index contributed by atoms with van der Waals surface area (Å²) in [5, 5.41) is 4.08. The number of furan rings is 2. The minimum absolute atomic E-state index is 0.282. The second kappa shape index (κ2) is 6.84. The van der Waals surface area contributed by atoms with Gasteiger partial charge < -0.3 is 13.4 Å². The lowest BCUT2D eigenvalue weighted by atomic mass is 10.2. The van der Waals surface area contributed by atoms with Crippen LogP contribution in [0.25, 0.3) is 0 Å². The monoisotopic (exact) mass is 339 g/mol. The van der Waals surface area contributed by atoms with Crippen molar-refractivity contribution in [1.82, 2.24) is 9.99 Å². The number of carbonyl (C=O) groups is 1. The van der Waals surface area contributed by atoms with Gasteiger partial charge in [-0.2, -0.15) is 5.10 Å². The zero-order chi connectivity index (χ0) is 18.0. The molecule has 0 aliphatic carbocycles. The van der Waals surface area contributed by atoms with Gasteiger partial charge in [-0.1, -0.05) is 0 Å². The average Bonchev–Trinajstić information content (AvgIpc) is 3.25. The Labute approximate surface area is 146 Å². The predicted molar refractivity (Wildman–Crippen MR) is 95.0 cm³/mol. The molecule has 0 aliphatic heterocycles. The summed E-state index contributed by atoms with van der Waals surface area (Å²) in [6.07, 6.45) is 3.32. The van der Waals surface area contributed by atoms with Crippen molar-refractivity contribution in [2.45, 2.75) is 34.2 Å². The molecule has 3 rings (SSSR count). The number of aromatic nitrogens is 1. The molecule has 3 aromatic heterocycles. The van der Waals surface area contributed by atoms with E-state index in [9.17, 15) is 4.79 Å². The van der Waals surface area contributed by atoms with Crippen LogP contribution in [0.15, 0.2) is 44.5 Å². The highest BCUT2D eigenvalue weighted by Crippen LogP contribution is 2.16. The molecule has 0 atom stereocenters. The van der Waals surface area contributed by atoms with E-state index in [2.05, 4.69) is 15.1 Å². The van der Waals surface area contributed by atoms with Crippen molar-refractivity contribution in [3.63, 3.8) is 0 Å². The lowest BCUT2D eigenvalue weighted by molar-refractivity contribution is 0.0953. The number of nitrogens with one attached hydrogen (secondary N) is 1. The molecule has 0 saturated carbocycles. The van der Waals surface area contributed by atoms with E-state index >= 15 is 0 Å². The third-order valence-electron chi connectivity index (χ3n) is 4.16. The van der Waals surface area contributed by atoms with Crippen LogP contribution in [-0.2, 0) is 6.54 Å². The zero-order valence-corrected chi connectivity index (χ0v) is 14.8. The molecule has 0 aliphatic rings. The number of carbonyl (C=O) groups excluding carboxylic acids is 1. The molecular weight excluding hydrogens is 318 g/mol. The first kappa shape index (κ1) is 16.8. The van der Waals surface area contributed by atoms with Crippen molar-refractivity contribution in [2.75, 3.05) is 0 Å². The van der Waals surface area contributed by atoms with Gasteiger partial charge in [-0.05, 0) is 52.0 Å². The maximum Gasteiger partial charge on any atom is 0.274 e. The number of hydrazone groups is 1. The van der Waals surface area contributed by atoms with Crippen LogP contribution in [0.2, 0.25) is 0 Å². The summed E-state index contributed by atoms with van der Waals surface area (Å²) in [4.78, 5) is 12.1. The van der Waals surface area contributed by atoms with Crippen molar-refractivity contribution in [3.05, 3.63) is 70.3 Å². The van der Waals surface area contributed by atoms with Gasteiger partial charge in [0.25, 0.3) is 5.91 Å². The second-order valence-electron chi connectivity index (χ2n) is 6.02. The van der Waals surface area contributed by atoms with E-state index in [0.29, 0.717) is 23.6 Å². The van der Waals surface area contributed by atoms with E-state index in [0.717, 1.165) is 22.7 Å². The Morgan fingerprint density at radius 2 is 2.08 bits per heavy atom. The smallest absolute Gasteiger partial charge is 0.274 e. The number of rotatable bonds is 5. The van der Waals surface area contributed by atoms with Gasteiger partial charge in [0.1, 0.15) is 17.3 Å². The Morgan fingerprint density at radius 3 is 2.72 bits per heavy atom. The van der Waals surface area contributed by atoms with Gasteiger partial charge in [0.15, 0.2) is 0 Å². The number of nitrogens with zero attached hydrogens (tertiary/aromatic N) is 2. The maximum absolute atomic E-state index is 12.1. The Kier molecular flexibility index (Phi) is 4.61. The fraction of sp³-hybridized carbons (Fsp3) is 0.263. The number of hydrogen-bond donors (Lipinski definition) is 1. The Bertz CT molecular complexity index is 914. The minimum atomic E-state index is -0.282. The standard InChI is InChI=1S/C19H21N3O3/c1-12-8-16(14(3)22(12)11-17-6-5-7-24-17)10-20-21-19(23)18-9-13(2)25-15(18)4/h5-10H,11H2,1-4H3,(H,21,23)/b20-10-. The van der Waals surface area contributed by atoms with Crippen molar-refractivity contribution in [2.24, 2.45) is 5.10 Å². The van der Waals surface area contributed by atoms with E-state index < -0.39 is 0 Å². The van der Waals surface area contributed by atoms with Gasteiger partial charge in [0.2, 0.25) is 0 Å². The lowest BCUT2D eigenvalue weighted by Crippen LogP contribution is -2.17. The summed E-state index contributed by atoms with van der Waals surface area (Å²) in [7, 11) is 0. The largest absolute Gasteiger partial charge is 0.467 e. The minimum Gasteiger partial charge on any atom is -0.467 e. The molecule has 0 fully saturated rings. The highest BCUT2D eigenvalue weighted by Gasteiger charge is 2.13. The van der Waals surface area contributed by atoms with Crippen LogP contribution < -0.4 is 5.43 Å². The SMILES string of the molecule is Cc1cc(C(=O)N/N=C\c2cc(C)n(Cc3ccco3)c2C)c(C)o1. The van der Waals surface area contributed by atoms with E-state index in [1.165, 1.54) is 0 Å². The van der Waals surface area contributed by atoms with Gasteiger partial charge >= 0.3 is 0 Å². The van der Waals surface area contributed by atoms with E-state index in [1.807, 2.05) is 32.0 Å². The molecule has 0 radical (unpaired) electrons. The molecule has 0 unspecified atom stereocenters. The summed E-state index contributed by atoms with van der Waals surface area (Å²) in [5.41, 5.74) is 6.15. The Balaban J connectivity index is 1.71. The van der Waals surface area contributed by atoms with Crippen LogP contribution in [0.3, 0.4) is 0 Å². The summed E-state index contributed by atoms with van der Waals surface area (Å²) in [6.45, 7) is 8.28. The predicted octanol–water partition coefficient (Wildman–Crippen LogP) is 3.72. The lowest BCUT2D eigenvalue weighted by Gasteiger charge is -2.07. The molecule has 130 valence electrons. The number of hydrogen-bond acceptors (Lipinski definition) is 4. The normalized spacial score (nSPS) is 11.4. The van der Waals surface area contributed by atoms with Crippen LogP contribution in [-0.4, -0.2) is 16.7 Å². The quantitative estimate of drug-likeness (QED) is 0.569. The van der Waals surface area contributed by atoms with Crippen LogP contribution in [0, 0.1) is 27.7 Å². The molecule has 3 heterocycles. The van der Waals surface area contributed by atoms with Gasteiger partial charge in [-0.25, -0.2) is 5.43 Å². The first-order valence-electron chi connectivity index (χ1n) is 8.05. The molecule has 1 amide bonds. The van der Waals surface area contributed by atoms with Gasteiger partial charge in [-0.15, -0.1) is 0 Å². The average molecular weight is 339 g/mol. The molecular formula is C19H21N3O3. The fourth-order valence-corrected chi connectivity index (χ4v) is 2.84. The molecule has 0 bridgehead atoms. The topological polar surface area (TPSA) is 72.7 Å². The van der Waals surface area contributed by atoms with Gasteiger partial charge in [0, 0.05) is 17.0 Å². The Hall–Kier alpha value is -3.02. The van der Waals surface area contributed by atoms with Crippen molar-refractivity contribution in [3.8, 4) is 0 Å². The van der Waals surface area contributed by atoms with Gasteiger partial charge in [0.05, 0.1) is 24.6 Å². The maximum atomic E-state index is 12.1. The summed E-state index contributed by atoms with van der Waals surface area (Å²) in [5.74, 6) is 1.90. The van der Waals surface area contributed by atoms with Crippen LogP contribution >= 0.6 is 0 Å². The molecule has 25 heavy (non-hydrogen) atoms. The number of amides is 1. The Morgan fingerprint density at radius 1 is 1.28 bits per heavy atom. The molecule has 6 nitrogen and oxygen atoms in total. The van der Waals surface area contributed by atoms with Crippen LogP contribution in [0.1, 0.15) is 44.6 Å². The van der Waals surface area contributed by atoms with Crippen LogP contribution in [0.4, 0.5) is 0 Å². The molecule has 0 aromatic carbocycles. The summed E-state index contributed by atoms with van der Waals surface area (Å²) in [6, 6.07) is 7.56.